The summed E-state index contributed by atoms with van der Waals surface area (Å²) in [5.41, 5.74) is 4.64. The number of ether oxygens (including phenoxy) is 1. The number of rotatable bonds is 2. The van der Waals surface area contributed by atoms with E-state index in [2.05, 4.69) is 25.7 Å². The molecule has 1 heterocycles. The van der Waals surface area contributed by atoms with E-state index in [1.165, 1.54) is 0 Å². The molecule has 9 heteroatoms. The normalized spacial score (nSPS) is 9.83. The Morgan fingerprint density at radius 2 is 1.83 bits per heavy atom. The van der Waals surface area contributed by atoms with Crippen LogP contribution in [0.15, 0.2) is 27.7 Å². The van der Waals surface area contributed by atoms with E-state index in [-0.39, 0.29) is 27.1 Å². The summed E-state index contributed by atoms with van der Waals surface area (Å²) < 4.78 is 6.21. The number of halogens is 3. The topological polar surface area (TPSA) is 87.2 Å². The van der Waals surface area contributed by atoms with Gasteiger partial charge in [0, 0.05) is 4.47 Å². The molecule has 0 bridgehead atoms. The summed E-state index contributed by atoms with van der Waals surface area (Å²) >= 11 is 15.4. The molecule has 6 nitrogen and oxygen atoms in total. The molecular weight excluding hydrogens is 409 g/mol. The van der Waals surface area contributed by atoms with Crippen molar-refractivity contribution in [3.05, 3.63) is 48.9 Å². The van der Waals surface area contributed by atoms with Gasteiger partial charge in [-0.25, -0.2) is 9.78 Å². The van der Waals surface area contributed by atoms with Crippen LogP contribution in [0.2, 0.25) is 10.0 Å². The number of nitrogens with zero attached hydrogens (tertiary/aromatic N) is 2. The minimum atomic E-state index is -0.885. The van der Waals surface area contributed by atoms with E-state index in [4.69, 9.17) is 28.9 Å². The lowest BCUT2D eigenvalue weighted by atomic mass is 10.2. The van der Waals surface area contributed by atoms with E-state index in [1.807, 2.05) is 13.8 Å². The van der Waals surface area contributed by atoms with Crippen molar-refractivity contribution in [3.63, 3.8) is 0 Å². The fraction of sp³-hybridized carbons (Fsp3) is 0.214. The summed E-state index contributed by atoms with van der Waals surface area (Å²) in [5, 5.41) is 0.415. The Kier molecular flexibility index (Phi) is 7.05. The van der Waals surface area contributed by atoms with E-state index in [9.17, 15) is 9.59 Å². The molecule has 2 N–H and O–H groups in total. The van der Waals surface area contributed by atoms with E-state index in [0.717, 1.165) is 18.0 Å². The molecule has 2 rings (SSSR count). The number of anilines is 1. The minimum absolute atomic E-state index is 0.198. The zero-order valence-electron chi connectivity index (χ0n) is 12.6. The average Bonchev–Trinajstić information content (AvgIpc) is 2.50. The Labute approximate surface area is 151 Å². The number of esters is 1. The predicted octanol–water partition coefficient (Wildman–Crippen LogP) is 3.70. The minimum Gasteiger partial charge on any atom is -0.465 e. The number of nitrogen functional groups attached to an aromatic ring is 1. The highest BCUT2D eigenvalue weighted by Gasteiger charge is 2.21. The summed E-state index contributed by atoms with van der Waals surface area (Å²) in [4.78, 5) is 27.8. The Balaban J connectivity index is 0.00000127. The van der Waals surface area contributed by atoms with Gasteiger partial charge in [0.25, 0.3) is 5.56 Å². The molecule has 124 valence electrons. The fourth-order valence-electron chi connectivity index (χ4n) is 1.68. The van der Waals surface area contributed by atoms with Gasteiger partial charge >= 0.3 is 5.97 Å². The highest BCUT2D eigenvalue weighted by molar-refractivity contribution is 9.10. The molecule has 0 aliphatic rings. The Bertz CT molecular complexity index is 770. The Morgan fingerprint density at radius 1 is 1.30 bits per heavy atom. The van der Waals surface area contributed by atoms with Gasteiger partial charge in [-0.3, -0.25) is 9.36 Å². The number of aromatic nitrogens is 2. The lowest BCUT2D eigenvalue weighted by Gasteiger charge is -2.12. The molecule has 23 heavy (non-hydrogen) atoms. The van der Waals surface area contributed by atoms with Gasteiger partial charge in [-0.05, 0) is 12.1 Å². The zero-order chi connectivity index (χ0) is 17.7. The maximum Gasteiger partial charge on any atom is 0.347 e. The molecule has 0 atom stereocenters. The van der Waals surface area contributed by atoms with Crippen LogP contribution in [0.4, 0.5) is 5.82 Å². The highest BCUT2D eigenvalue weighted by atomic mass is 79.9. The SMILES string of the molecule is CC.COC(=O)c1c(N)ncn(-c2c(Cl)cc(Br)cc2Cl)c1=O. The van der Waals surface area contributed by atoms with Gasteiger partial charge in [-0.1, -0.05) is 53.0 Å². The molecule has 0 aliphatic heterocycles. The quantitative estimate of drug-likeness (QED) is 0.745. The van der Waals surface area contributed by atoms with Gasteiger partial charge < -0.3 is 10.5 Å². The number of hydrogen-bond acceptors (Lipinski definition) is 5. The lowest BCUT2D eigenvalue weighted by Crippen LogP contribution is -2.28. The maximum atomic E-state index is 12.4. The second-order valence-corrected chi connectivity index (χ2v) is 5.62. The number of methoxy groups -OCH3 is 1. The number of carbonyl (C=O) groups is 1. The van der Waals surface area contributed by atoms with Crippen molar-refractivity contribution < 1.29 is 9.53 Å². The van der Waals surface area contributed by atoms with Crippen LogP contribution in [0, 0.1) is 0 Å². The van der Waals surface area contributed by atoms with Gasteiger partial charge in [0.05, 0.1) is 22.8 Å². The van der Waals surface area contributed by atoms with Crippen LogP contribution in [0.5, 0.6) is 0 Å². The summed E-state index contributed by atoms with van der Waals surface area (Å²) in [6, 6.07) is 3.12. The number of nitrogens with two attached hydrogens (primary N) is 1. The first-order valence-corrected chi connectivity index (χ1v) is 8.02. The monoisotopic (exact) mass is 421 g/mol. The van der Waals surface area contributed by atoms with Gasteiger partial charge in [-0.2, -0.15) is 0 Å². The Hall–Kier alpha value is -1.57. The molecule has 0 saturated carbocycles. The van der Waals surface area contributed by atoms with E-state index in [1.54, 1.807) is 12.1 Å². The molecule has 0 amide bonds. The first-order valence-electron chi connectivity index (χ1n) is 6.47. The number of carbonyl (C=O) groups excluding carboxylic acids is 1. The van der Waals surface area contributed by atoms with Crippen molar-refractivity contribution in [1.29, 1.82) is 0 Å². The van der Waals surface area contributed by atoms with Crippen molar-refractivity contribution in [2.24, 2.45) is 0 Å². The van der Waals surface area contributed by atoms with Crippen molar-refractivity contribution in [1.82, 2.24) is 9.55 Å². The molecule has 0 radical (unpaired) electrons. The number of benzene rings is 1. The molecule has 1 aromatic heterocycles. The number of hydrogen-bond donors (Lipinski definition) is 1. The molecule has 0 aliphatic carbocycles. The summed E-state index contributed by atoms with van der Waals surface area (Å²) in [6.07, 6.45) is 1.14. The first-order chi connectivity index (χ1) is 10.9. The highest BCUT2D eigenvalue weighted by Crippen LogP contribution is 2.31. The molecule has 0 spiro atoms. The van der Waals surface area contributed by atoms with Crippen molar-refractivity contribution in [3.8, 4) is 5.69 Å². The van der Waals surface area contributed by atoms with Crippen LogP contribution in [0.1, 0.15) is 24.2 Å². The van der Waals surface area contributed by atoms with Gasteiger partial charge in [0.2, 0.25) is 0 Å². The van der Waals surface area contributed by atoms with Crippen molar-refractivity contribution in [2.45, 2.75) is 13.8 Å². The smallest absolute Gasteiger partial charge is 0.347 e. The van der Waals surface area contributed by atoms with Crippen molar-refractivity contribution >= 4 is 50.9 Å². The molecule has 0 saturated heterocycles. The Morgan fingerprint density at radius 3 is 2.30 bits per heavy atom. The second kappa shape index (κ2) is 8.33. The average molecular weight is 423 g/mol. The third-order valence-corrected chi connectivity index (χ3v) is 3.65. The molecule has 2 aromatic rings. The van der Waals surface area contributed by atoms with Crippen LogP contribution >= 0.6 is 39.1 Å². The van der Waals surface area contributed by atoms with Gasteiger partial charge in [-0.15, -0.1) is 0 Å². The van der Waals surface area contributed by atoms with Gasteiger partial charge in [0.15, 0.2) is 5.56 Å². The zero-order valence-corrected chi connectivity index (χ0v) is 15.7. The standard InChI is InChI=1S/C12H8BrCl2N3O3.C2H6/c1-21-12(20)8-10(16)17-4-18(11(8)19)9-6(14)2-5(13)3-7(9)15;1-2/h2-4H,16H2,1H3;1-2H3. The second-order valence-electron chi connectivity index (χ2n) is 3.89. The van der Waals surface area contributed by atoms with Crippen LogP contribution in [-0.2, 0) is 4.74 Å². The molecule has 0 fully saturated rings. The van der Waals surface area contributed by atoms with Crippen LogP contribution in [0.3, 0.4) is 0 Å². The fourth-order valence-corrected chi connectivity index (χ4v) is 3.08. The largest absolute Gasteiger partial charge is 0.465 e. The summed E-state index contributed by atoms with van der Waals surface area (Å²) in [6.45, 7) is 4.00. The van der Waals surface area contributed by atoms with Crippen LogP contribution in [0.25, 0.3) is 5.69 Å². The van der Waals surface area contributed by atoms with E-state index >= 15 is 0 Å². The van der Waals surface area contributed by atoms with E-state index < -0.39 is 11.5 Å². The molecule has 1 aromatic carbocycles. The summed E-state index contributed by atoms with van der Waals surface area (Å²) in [5.74, 6) is -1.11. The van der Waals surface area contributed by atoms with Gasteiger partial charge in [0.1, 0.15) is 12.1 Å². The third kappa shape index (κ3) is 4.04. The lowest BCUT2D eigenvalue weighted by molar-refractivity contribution is 0.0599. The van der Waals surface area contributed by atoms with Crippen molar-refractivity contribution in [2.75, 3.05) is 12.8 Å². The predicted molar refractivity (Wildman–Crippen MR) is 94.7 cm³/mol. The summed E-state index contributed by atoms with van der Waals surface area (Å²) in [7, 11) is 1.14. The maximum absolute atomic E-state index is 12.4. The molecule has 0 unspecified atom stereocenters. The third-order valence-electron chi connectivity index (χ3n) is 2.61. The first kappa shape index (κ1) is 19.5. The van der Waals surface area contributed by atoms with E-state index in [0.29, 0.717) is 4.47 Å². The van der Waals surface area contributed by atoms with Crippen LogP contribution < -0.4 is 11.3 Å². The van der Waals surface area contributed by atoms with Crippen LogP contribution in [-0.4, -0.2) is 22.6 Å². The molecular formula is C14H14BrCl2N3O3.